The molecule has 1 aromatic heterocycles. The number of furan rings is 1. The molecule has 19 heavy (non-hydrogen) atoms. The van der Waals surface area contributed by atoms with Crippen LogP contribution in [0.25, 0.3) is 0 Å². The standard InChI is InChI=1S/C13H20N2O4/c1-4-15(5-2)12(16)8-14-9(3)10-6-7-11(19-10)13(17)18/h6-7,9,14H,4-5,8H2,1-3H3,(H,17,18). The number of carbonyl (C=O) groups excluding carboxylic acids is 1. The maximum absolute atomic E-state index is 11.8. The molecule has 1 unspecified atom stereocenters. The Kier molecular flexibility index (Phi) is 5.57. The van der Waals surface area contributed by atoms with Crippen molar-refractivity contribution in [3.63, 3.8) is 0 Å². The fraction of sp³-hybridized carbons (Fsp3) is 0.538. The van der Waals surface area contributed by atoms with E-state index in [1.807, 2.05) is 20.8 Å². The summed E-state index contributed by atoms with van der Waals surface area (Å²) in [5.74, 6) is -0.678. The summed E-state index contributed by atoms with van der Waals surface area (Å²) in [6.07, 6.45) is 0. The van der Waals surface area contributed by atoms with Gasteiger partial charge in [-0.15, -0.1) is 0 Å². The highest BCUT2D eigenvalue weighted by Crippen LogP contribution is 2.16. The van der Waals surface area contributed by atoms with Crippen molar-refractivity contribution in [2.45, 2.75) is 26.8 Å². The summed E-state index contributed by atoms with van der Waals surface area (Å²) < 4.78 is 5.17. The van der Waals surface area contributed by atoms with Crippen molar-refractivity contribution in [2.75, 3.05) is 19.6 Å². The Morgan fingerprint density at radius 3 is 2.47 bits per heavy atom. The van der Waals surface area contributed by atoms with Crippen LogP contribution in [0.15, 0.2) is 16.5 Å². The molecule has 0 aliphatic rings. The van der Waals surface area contributed by atoms with Gasteiger partial charge in [-0.25, -0.2) is 4.79 Å². The molecule has 0 aliphatic heterocycles. The molecule has 0 aromatic carbocycles. The molecule has 106 valence electrons. The lowest BCUT2D eigenvalue weighted by Gasteiger charge is -2.20. The van der Waals surface area contributed by atoms with Crippen molar-refractivity contribution < 1.29 is 19.1 Å². The number of carboxylic acid groups (broad SMARTS) is 1. The van der Waals surface area contributed by atoms with Crippen LogP contribution in [-0.4, -0.2) is 41.5 Å². The normalized spacial score (nSPS) is 12.2. The van der Waals surface area contributed by atoms with Crippen molar-refractivity contribution in [2.24, 2.45) is 0 Å². The number of carboxylic acids is 1. The molecule has 0 saturated carbocycles. The van der Waals surface area contributed by atoms with Gasteiger partial charge in [0.1, 0.15) is 5.76 Å². The van der Waals surface area contributed by atoms with E-state index in [0.717, 1.165) is 0 Å². The lowest BCUT2D eigenvalue weighted by Crippen LogP contribution is -2.38. The number of rotatable bonds is 7. The van der Waals surface area contributed by atoms with Gasteiger partial charge in [-0.3, -0.25) is 10.1 Å². The molecule has 1 aromatic rings. The Bertz CT molecular complexity index is 438. The lowest BCUT2D eigenvalue weighted by molar-refractivity contribution is -0.130. The van der Waals surface area contributed by atoms with Gasteiger partial charge in [-0.05, 0) is 32.9 Å². The van der Waals surface area contributed by atoms with Gasteiger partial charge in [-0.1, -0.05) is 0 Å². The smallest absolute Gasteiger partial charge is 0.371 e. The third-order valence-corrected chi connectivity index (χ3v) is 2.94. The van der Waals surface area contributed by atoms with Gasteiger partial charge in [0.05, 0.1) is 12.6 Å². The Balaban J connectivity index is 2.52. The van der Waals surface area contributed by atoms with Crippen LogP contribution in [0.5, 0.6) is 0 Å². The van der Waals surface area contributed by atoms with Gasteiger partial charge in [-0.2, -0.15) is 0 Å². The summed E-state index contributed by atoms with van der Waals surface area (Å²) in [4.78, 5) is 24.2. The quantitative estimate of drug-likeness (QED) is 0.783. The molecular formula is C13H20N2O4. The Morgan fingerprint density at radius 2 is 2.00 bits per heavy atom. The van der Waals surface area contributed by atoms with E-state index in [2.05, 4.69) is 5.32 Å². The zero-order valence-corrected chi connectivity index (χ0v) is 11.5. The van der Waals surface area contributed by atoms with Crippen LogP contribution in [-0.2, 0) is 4.79 Å². The molecule has 0 spiro atoms. The number of nitrogens with one attached hydrogen (secondary N) is 1. The molecule has 6 nitrogen and oxygen atoms in total. The van der Waals surface area contributed by atoms with E-state index in [1.165, 1.54) is 6.07 Å². The molecule has 1 amide bonds. The molecule has 0 aliphatic carbocycles. The van der Waals surface area contributed by atoms with Crippen LogP contribution in [0.3, 0.4) is 0 Å². The Labute approximate surface area is 112 Å². The molecule has 6 heteroatoms. The van der Waals surface area contributed by atoms with Gasteiger partial charge in [0, 0.05) is 13.1 Å². The maximum atomic E-state index is 11.8. The first kappa shape index (κ1) is 15.2. The molecular weight excluding hydrogens is 248 g/mol. The fourth-order valence-corrected chi connectivity index (χ4v) is 1.73. The van der Waals surface area contributed by atoms with Crippen LogP contribution in [0, 0.1) is 0 Å². The third-order valence-electron chi connectivity index (χ3n) is 2.94. The van der Waals surface area contributed by atoms with E-state index in [1.54, 1.807) is 11.0 Å². The Hall–Kier alpha value is -1.82. The van der Waals surface area contributed by atoms with Gasteiger partial charge < -0.3 is 14.4 Å². The second kappa shape index (κ2) is 6.94. The summed E-state index contributed by atoms with van der Waals surface area (Å²) in [6, 6.07) is 2.79. The number of likely N-dealkylation sites (N-methyl/N-ethyl adjacent to an activating group) is 1. The number of nitrogens with zero attached hydrogens (tertiary/aromatic N) is 1. The number of aromatic carboxylic acids is 1. The van der Waals surface area contributed by atoms with E-state index in [-0.39, 0.29) is 24.3 Å². The highest BCUT2D eigenvalue weighted by molar-refractivity contribution is 5.84. The summed E-state index contributed by atoms with van der Waals surface area (Å²) in [6.45, 7) is 7.23. The van der Waals surface area contributed by atoms with Crippen molar-refractivity contribution in [1.82, 2.24) is 10.2 Å². The van der Waals surface area contributed by atoms with E-state index in [4.69, 9.17) is 9.52 Å². The number of carbonyl (C=O) groups is 2. The average Bonchev–Trinajstić information content (AvgIpc) is 2.87. The van der Waals surface area contributed by atoms with Crippen molar-refractivity contribution in [1.29, 1.82) is 0 Å². The Morgan fingerprint density at radius 1 is 1.37 bits per heavy atom. The molecule has 0 saturated heterocycles. The number of hydrogen-bond acceptors (Lipinski definition) is 4. The van der Waals surface area contributed by atoms with Crippen LogP contribution in [0.1, 0.15) is 43.1 Å². The molecule has 1 atom stereocenters. The molecule has 1 heterocycles. The second-order valence-electron chi connectivity index (χ2n) is 4.18. The highest BCUT2D eigenvalue weighted by atomic mass is 16.4. The zero-order valence-electron chi connectivity index (χ0n) is 11.5. The summed E-state index contributed by atoms with van der Waals surface area (Å²) in [7, 11) is 0. The van der Waals surface area contributed by atoms with Crippen LogP contribution < -0.4 is 5.32 Å². The summed E-state index contributed by atoms with van der Waals surface area (Å²) >= 11 is 0. The first-order valence-corrected chi connectivity index (χ1v) is 6.33. The number of amides is 1. The SMILES string of the molecule is CCN(CC)C(=O)CNC(C)c1ccc(C(=O)O)o1. The van der Waals surface area contributed by atoms with E-state index in [0.29, 0.717) is 18.8 Å². The van der Waals surface area contributed by atoms with Gasteiger partial charge in [0.2, 0.25) is 11.7 Å². The van der Waals surface area contributed by atoms with Crippen LogP contribution >= 0.6 is 0 Å². The zero-order chi connectivity index (χ0) is 14.4. The summed E-state index contributed by atoms with van der Waals surface area (Å²) in [5, 5.41) is 11.8. The minimum Gasteiger partial charge on any atom is -0.475 e. The van der Waals surface area contributed by atoms with E-state index < -0.39 is 5.97 Å². The van der Waals surface area contributed by atoms with Crippen LogP contribution in [0.4, 0.5) is 0 Å². The molecule has 0 bridgehead atoms. The third kappa shape index (κ3) is 4.10. The van der Waals surface area contributed by atoms with E-state index in [9.17, 15) is 9.59 Å². The predicted molar refractivity (Wildman–Crippen MR) is 70.0 cm³/mol. The largest absolute Gasteiger partial charge is 0.475 e. The van der Waals surface area contributed by atoms with Crippen molar-refractivity contribution in [3.05, 3.63) is 23.7 Å². The van der Waals surface area contributed by atoms with Gasteiger partial charge >= 0.3 is 5.97 Å². The first-order valence-electron chi connectivity index (χ1n) is 6.33. The topological polar surface area (TPSA) is 82.8 Å². The number of hydrogen-bond donors (Lipinski definition) is 2. The van der Waals surface area contributed by atoms with Gasteiger partial charge in [0.15, 0.2) is 0 Å². The minimum absolute atomic E-state index is 0.0156. The van der Waals surface area contributed by atoms with Crippen molar-refractivity contribution >= 4 is 11.9 Å². The molecule has 2 N–H and O–H groups in total. The summed E-state index contributed by atoms with van der Waals surface area (Å²) in [5.41, 5.74) is 0. The first-order chi connectivity index (χ1) is 8.99. The maximum Gasteiger partial charge on any atom is 0.371 e. The van der Waals surface area contributed by atoms with E-state index >= 15 is 0 Å². The fourth-order valence-electron chi connectivity index (χ4n) is 1.73. The molecule has 1 rings (SSSR count). The second-order valence-corrected chi connectivity index (χ2v) is 4.18. The molecule has 0 fully saturated rings. The van der Waals surface area contributed by atoms with Crippen molar-refractivity contribution in [3.8, 4) is 0 Å². The minimum atomic E-state index is -1.10. The van der Waals surface area contributed by atoms with Crippen LogP contribution in [0.2, 0.25) is 0 Å². The highest BCUT2D eigenvalue weighted by Gasteiger charge is 2.16. The van der Waals surface area contributed by atoms with Gasteiger partial charge in [0.25, 0.3) is 0 Å². The molecule has 0 radical (unpaired) electrons. The lowest BCUT2D eigenvalue weighted by atomic mass is 10.2. The predicted octanol–water partition coefficient (Wildman–Crippen LogP) is 1.50. The average molecular weight is 268 g/mol. The monoisotopic (exact) mass is 268 g/mol.